The molecule has 4 nitrogen and oxygen atoms in total. The van der Waals surface area contributed by atoms with E-state index in [9.17, 15) is 0 Å². The monoisotopic (exact) mass is 168 g/mol. The molecule has 0 aliphatic rings. The first-order chi connectivity index (χ1) is 5.61. The molecule has 2 unspecified atom stereocenters. The van der Waals surface area contributed by atoms with E-state index in [-0.39, 0.29) is 5.75 Å². The standard InChI is InChI=1S/C8H12N2O2/c1-5(11)8(9)6-2-7(12)4-10-3-6/h2-5,8,11-12H,9H2,1H3. The van der Waals surface area contributed by atoms with E-state index in [0.29, 0.717) is 5.56 Å². The molecule has 0 saturated carbocycles. The number of rotatable bonds is 2. The van der Waals surface area contributed by atoms with Crippen LogP contribution in [0.15, 0.2) is 18.5 Å². The van der Waals surface area contributed by atoms with Crippen molar-refractivity contribution in [2.24, 2.45) is 5.73 Å². The largest absolute Gasteiger partial charge is 0.506 e. The number of aromatic nitrogens is 1. The predicted octanol–water partition coefficient (Wildman–Crippen LogP) is 0.168. The number of aromatic hydroxyl groups is 1. The Morgan fingerprint density at radius 2 is 2.17 bits per heavy atom. The molecule has 1 heterocycles. The minimum atomic E-state index is -0.645. The molecule has 12 heavy (non-hydrogen) atoms. The third kappa shape index (κ3) is 1.93. The summed E-state index contributed by atoms with van der Waals surface area (Å²) in [5.41, 5.74) is 6.24. The van der Waals surface area contributed by atoms with Gasteiger partial charge >= 0.3 is 0 Å². The number of aliphatic hydroxyl groups is 1. The van der Waals surface area contributed by atoms with Crippen molar-refractivity contribution >= 4 is 0 Å². The molecule has 0 saturated heterocycles. The normalized spacial score (nSPS) is 15.6. The van der Waals surface area contributed by atoms with Crippen LogP contribution in [0.2, 0.25) is 0 Å². The number of hydrogen-bond acceptors (Lipinski definition) is 4. The maximum atomic E-state index is 9.13. The summed E-state index contributed by atoms with van der Waals surface area (Å²) in [5, 5.41) is 18.2. The zero-order valence-electron chi connectivity index (χ0n) is 6.81. The van der Waals surface area contributed by atoms with Gasteiger partial charge in [-0.15, -0.1) is 0 Å². The fourth-order valence-corrected chi connectivity index (χ4v) is 0.906. The molecule has 0 bridgehead atoms. The Balaban J connectivity index is 2.88. The van der Waals surface area contributed by atoms with Crippen molar-refractivity contribution in [3.05, 3.63) is 24.0 Å². The van der Waals surface area contributed by atoms with E-state index < -0.39 is 12.1 Å². The molecule has 0 fully saturated rings. The lowest BCUT2D eigenvalue weighted by Gasteiger charge is -2.14. The van der Waals surface area contributed by atoms with Gasteiger partial charge in [0.05, 0.1) is 18.3 Å². The summed E-state index contributed by atoms with van der Waals surface area (Å²) in [6.45, 7) is 1.59. The van der Waals surface area contributed by atoms with Crippen molar-refractivity contribution < 1.29 is 10.2 Å². The Hall–Kier alpha value is -1.13. The Morgan fingerprint density at radius 1 is 1.50 bits per heavy atom. The van der Waals surface area contributed by atoms with Crippen molar-refractivity contribution in [2.75, 3.05) is 0 Å². The van der Waals surface area contributed by atoms with Crippen LogP contribution in [0.3, 0.4) is 0 Å². The highest BCUT2D eigenvalue weighted by atomic mass is 16.3. The average molecular weight is 168 g/mol. The van der Waals surface area contributed by atoms with Gasteiger partial charge < -0.3 is 15.9 Å². The van der Waals surface area contributed by atoms with Crippen LogP contribution in [-0.4, -0.2) is 21.3 Å². The van der Waals surface area contributed by atoms with Crippen LogP contribution in [0.1, 0.15) is 18.5 Å². The molecule has 2 atom stereocenters. The van der Waals surface area contributed by atoms with Crippen molar-refractivity contribution in [1.29, 1.82) is 0 Å². The van der Waals surface area contributed by atoms with Crippen molar-refractivity contribution in [2.45, 2.75) is 19.1 Å². The highest BCUT2D eigenvalue weighted by molar-refractivity contribution is 5.24. The highest BCUT2D eigenvalue weighted by Crippen LogP contribution is 2.16. The van der Waals surface area contributed by atoms with Gasteiger partial charge in [0.15, 0.2) is 0 Å². The third-order valence-corrected chi connectivity index (χ3v) is 1.65. The second-order valence-electron chi connectivity index (χ2n) is 2.74. The van der Waals surface area contributed by atoms with Crippen LogP contribution in [0.25, 0.3) is 0 Å². The fourth-order valence-electron chi connectivity index (χ4n) is 0.906. The Bertz CT molecular complexity index is 263. The van der Waals surface area contributed by atoms with Crippen LogP contribution in [0.5, 0.6) is 5.75 Å². The van der Waals surface area contributed by atoms with Crippen LogP contribution in [0, 0.1) is 0 Å². The van der Waals surface area contributed by atoms with E-state index in [0.717, 1.165) is 0 Å². The van der Waals surface area contributed by atoms with Gasteiger partial charge in [0, 0.05) is 6.20 Å². The van der Waals surface area contributed by atoms with Crippen LogP contribution in [-0.2, 0) is 0 Å². The molecule has 4 N–H and O–H groups in total. The zero-order valence-corrected chi connectivity index (χ0v) is 6.81. The maximum Gasteiger partial charge on any atom is 0.134 e. The lowest BCUT2D eigenvalue weighted by atomic mass is 10.1. The van der Waals surface area contributed by atoms with Gasteiger partial charge in [-0.25, -0.2) is 0 Å². The first-order valence-corrected chi connectivity index (χ1v) is 3.69. The van der Waals surface area contributed by atoms with Gasteiger partial charge in [0.1, 0.15) is 5.75 Å². The van der Waals surface area contributed by atoms with E-state index in [1.807, 2.05) is 0 Å². The van der Waals surface area contributed by atoms with Crippen molar-refractivity contribution in [3.63, 3.8) is 0 Å². The highest BCUT2D eigenvalue weighted by Gasteiger charge is 2.12. The molecule has 0 amide bonds. The summed E-state index contributed by atoms with van der Waals surface area (Å²) in [7, 11) is 0. The second kappa shape index (κ2) is 3.51. The molecular formula is C8H12N2O2. The topological polar surface area (TPSA) is 79.4 Å². The molecule has 0 aliphatic heterocycles. The maximum absolute atomic E-state index is 9.13. The van der Waals surface area contributed by atoms with E-state index >= 15 is 0 Å². The molecule has 0 spiro atoms. The quantitative estimate of drug-likeness (QED) is 0.588. The minimum absolute atomic E-state index is 0.0589. The van der Waals surface area contributed by atoms with Crippen LogP contribution < -0.4 is 5.73 Å². The van der Waals surface area contributed by atoms with Gasteiger partial charge in [0.2, 0.25) is 0 Å². The van der Waals surface area contributed by atoms with E-state index in [1.54, 1.807) is 6.92 Å². The van der Waals surface area contributed by atoms with Gasteiger partial charge in [-0.3, -0.25) is 4.98 Å². The lowest BCUT2D eigenvalue weighted by Crippen LogP contribution is -2.23. The van der Waals surface area contributed by atoms with Gasteiger partial charge in [-0.1, -0.05) is 0 Å². The number of hydrogen-bond donors (Lipinski definition) is 3. The summed E-state index contributed by atoms with van der Waals surface area (Å²) in [6, 6.07) is 0.995. The molecule has 0 radical (unpaired) electrons. The molecular weight excluding hydrogens is 156 g/mol. The summed E-state index contributed by atoms with van der Waals surface area (Å²) >= 11 is 0. The van der Waals surface area contributed by atoms with Crippen molar-refractivity contribution in [1.82, 2.24) is 4.98 Å². The number of pyridine rings is 1. The smallest absolute Gasteiger partial charge is 0.134 e. The van der Waals surface area contributed by atoms with E-state index in [4.69, 9.17) is 15.9 Å². The van der Waals surface area contributed by atoms with Crippen LogP contribution in [0.4, 0.5) is 0 Å². The summed E-state index contributed by atoms with van der Waals surface area (Å²) in [5.74, 6) is 0.0589. The molecule has 1 rings (SSSR count). The molecule has 0 aliphatic carbocycles. The first-order valence-electron chi connectivity index (χ1n) is 3.69. The van der Waals surface area contributed by atoms with Crippen molar-refractivity contribution in [3.8, 4) is 5.75 Å². The number of aliphatic hydroxyl groups excluding tert-OH is 1. The summed E-state index contributed by atoms with van der Waals surface area (Å²) < 4.78 is 0. The Morgan fingerprint density at radius 3 is 2.67 bits per heavy atom. The fraction of sp³-hybridized carbons (Fsp3) is 0.375. The third-order valence-electron chi connectivity index (χ3n) is 1.65. The first kappa shape index (κ1) is 8.96. The second-order valence-corrected chi connectivity index (χ2v) is 2.74. The molecule has 0 aromatic carbocycles. The van der Waals surface area contributed by atoms with Gasteiger partial charge in [0.25, 0.3) is 0 Å². The number of nitrogens with zero attached hydrogens (tertiary/aromatic N) is 1. The Kier molecular flexibility index (Phi) is 2.62. The molecule has 1 aromatic rings. The molecule has 1 aromatic heterocycles. The Labute approximate surface area is 70.7 Å². The predicted molar refractivity (Wildman–Crippen MR) is 44.5 cm³/mol. The zero-order chi connectivity index (χ0) is 9.14. The SMILES string of the molecule is CC(O)C(N)c1cncc(O)c1. The molecule has 4 heteroatoms. The number of nitrogens with two attached hydrogens (primary N) is 1. The van der Waals surface area contributed by atoms with E-state index in [1.165, 1.54) is 18.5 Å². The minimum Gasteiger partial charge on any atom is -0.506 e. The lowest BCUT2D eigenvalue weighted by molar-refractivity contribution is 0.164. The van der Waals surface area contributed by atoms with Crippen LogP contribution >= 0.6 is 0 Å². The molecule has 66 valence electrons. The average Bonchev–Trinajstić information content (AvgIpc) is 2.03. The summed E-state index contributed by atoms with van der Waals surface area (Å²) in [4.78, 5) is 3.75. The summed E-state index contributed by atoms with van der Waals surface area (Å²) in [6.07, 6.45) is 2.20. The van der Waals surface area contributed by atoms with Gasteiger partial charge in [-0.05, 0) is 18.6 Å². The van der Waals surface area contributed by atoms with Gasteiger partial charge in [-0.2, -0.15) is 0 Å². The van der Waals surface area contributed by atoms with E-state index in [2.05, 4.69) is 4.98 Å².